The standard InChI is InChI=1S/C26H32F2N6O.C2H6.2CH2O/c1-6-7-8-23-24(25(30)32-17(5)31-22-12-9-16(4)13-20(22)28)34(26(35)33(23)15(2)3)18-10-11-19(27)21(29)14-18;3*1-2/h8-15H,6-7,29-30H2,1-5H3,(H,31,32);1-2H3;2*1H2/b23-8-,25-24+;;;. The van der Waals surface area contributed by atoms with Gasteiger partial charge < -0.3 is 26.4 Å². The minimum atomic E-state index is -0.584. The van der Waals surface area contributed by atoms with Gasteiger partial charge in [0, 0.05) is 6.04 Å². The summed E-state index contributed by atoms with van der Waals surface area (Å²) < 4.78 is 31.2. The van der Waals surface area contributed by atoms with Crippen LogP contribution in [-0.2, 0) is 9.59 Å². The molecule has 0 saturated heterocycles. The van der Waals surface area contributed by atoms with E-state index < -0.39 is 11.6 Å². The smallest absolute Gasteiger partial charge is 0.334 e. The Morgan fingerprint density at radius 1 is 1.07 bits per heavy atom. The number of amidine groups is 1. The summed E-state index contributed by atoms with van der Waals surface area (Å²) in [6.45, 7) is 17.3. The highest BCUT2D eigenvalue weighted by molar-refractivity contribution is 5.95. The molecular weight excluding hydrogens is 530 g/mol. The molecule has 0 atom stereocenters. The molecule has 0 unspecified atom stereocenters. The van der Waals surface area contributed by atoms with Gasteiger partial charge in [-0.2, -0.15) is 0 Å². The van der Waals surface area contributed by atoms with Crippen LogP contribution in [0, 0.1) is 18.6 Å². The molecule has 0 spiro atoms. The zero-order chi connectivity index (χ0) is 31.9. The van der Waals surface area contributed by atoms with Crippen molar-refractivity contribution in [3.8, 4) is 5.69 Å². The molecule has 41 heavy (non-hydrogen) atoms. The van der Waals surface area contributed by atoms with E-state index in [0.29, 0.717) is 28.6 Å². The van der Waals surface area contributed by atoms with Crippen LogP contribution in [0.5, 0.6) is 0 Å². The van der Waals surface area contributed by atoms with Crippen molar-refractivity contribution in [2.75, 3.05) is 11.1 Å². The van der Waals surface area contributed by atoms with Gasteiger partial charge in [-0.25, -0.2) is 18.6 Å². The fourth-order valence-electron chi connectivity index (χ4n) is 3.84. The van der Waals surface area contributed by atoms with E-state index >= 15 is 0 Å². The van der Waals surface area contributed by atoms with Crippen LogP contribution in [0.25, 0.3) is 17.6 Å². The molecule has 1 aromatic heterocycles. The summed E-state index contributed by atoms with van der Waals surface area (Å²) in [7, 11) is 0. The number of rotatable bonds is 6. The number of carbonyl (C=O) groups is 2. The molecule has 1 heterocycles. The number of nitrogens with one attached hydrogen (secondary N) is 1. The molecule has 0 bridgehead atoms. The number of anilines is 2. The summed E-state index contributed by atoms with van der Waals surface area (Å²) >= 11 is 0. The summed E-state index contributed by atoms with van der Waals surface area (Å²) in [5.74, 6) is -0.620. The molecule has 0 amide bonds. The number of unbranched alkanes of at least 4 members (excludes halogenated alkanes) is 1. The second kappa shape index (κ2) is 17.9. The van der Waals surface area contributed by atoms with Gasteiger partial charge in [0.05, 0.1) is 22.4 Å². The van der Waals surface area contributed by atoms with Crippen molar-refractivity contribution in [1.29, 1.82) is 0 Å². The van der Waals surface area contributed by atoms with Crippen LogP contribution in [-0.4, -0.2) is 28.5 Å². The summed E-state index contributed by atoms with van der Waals surface area (Å²) in [4.78, 5) is 34.0. The molecule has 0 radical (unpaired) electrons. The SMILES string of the molecule is C=O.C=O.CC.CCC/C=c1/c(=C(N)\N=C(/C)Nc2ccc(C)cc2F)n(-c2ccc(F)c(N)c2)c(=O)n1C(C)C. The van der Waals surface area contributed by atoms with Gasteiger partial charge >= 0.3 is 5.69 Å². The third kappa shape index (κ3) is 9.26. The Labute approximate surface area is 239 Å². The van der Waals surface area contributed by atoms with Crippen LogP contribution in [0.4, 0.5) is 20.2 Å². The van der Waals surface area contributed by atoms with Crippen molar-refractivity contribution in [3.63, 3.8) is 0 Å². The van der Waals surface area contributed by atoms with Gasteiger partial charge in [0.15, 0.2) is 5.82 Å². The number of carbonyl (C=O) groups excluding carboxylic acids is 2. The normalized spacial score (nSPS) is 11.9. The zero-order valence-corrected chi connectivity index (χ0v) is 24.9. The lowest BCUT2D eigenvalue weighted by atomic mass is 10.2. The van der Waals surface area contributed by atoms with Crippen LogP contribution in [0.2, 0.25) is 0 Å². The number of nitrogens with zero attached hydrogens (tertiary/aromatic N) is 3. The third-order valence-electron chi connectivity index (χ3n) is 5.47. The van der Waals surface area contributed by atoms with Crippen molar-refractivity contribution in [1.82, 2.24) is 9.13 Å². The fraction of sp³-hybridized carbons (Fsp3) is 0.333. The Kier molecular flexibility index (Phi) is 15.9. The lowest BCUT2D eigenvalue weighted by molar-refractivity contribution is -0.0987. The molecule has 2 aromatic carbocycles. The lowest BCUT2D eigenvalue weighted by Crippen LogP contribution is -2.37. The van der Waals surface area contributed by atoms with E-state index in [4.69, 9.17) is 21.1 Å². The maximum absolute atomic E-state index is 14.3. The molecule has 0 aliphatic carbocycles. The van der Waals surface area contributed by atoms with E-state index in [2.05, 4.69) is 10.3 Å². The summed E-state index contributed by atoms with van der Waals surface area (Å²) in [5, 5.41) is 3.88. The van der Waals surface area contributed by atoms with Gasteiger partial charge in [-0.1, -0.05) is 39.3 Å². The maximum atomic E-state index is 14.3. The number of aryl methyl sites for hydroxylation is 1. The Morgan fingerprint density at radius 3 is 2.20 bits per heavy atom. The quantitative estimate of drug-likeness (QED) is 0.230. The number of nitrogen functional groups attached to an aromatic ring is 1. The highest BCUT2D eigenvalue weighted by atomic mass is 19.1. The van der Waals surface area contributed by atoms with E-state index in [1.54, 1.807) is 30.5 Å². The van der Waals surface area contributed by atoms with Crippen molar-refractivity contribution in [3.05, 3.63) is 74.8 Å². The summed E-state index contributed by atoms with van der Waals surface area (Å²) in [6.07, 6.45) is 3.50. The predicted octanol–water partition coefficient (Wildman–Crippen LogP) is 4.18. The highest BCUT2D eigenvalue weighted by Crippen LogP contribution is 2.16. The first kappa shape index (κ1) is 36.5. The van der Waals surface area contributed by atoms with Gasteiger partial charge in [0.25, 0.3) is 0 Å². The van der Waals surface area contributed by atoms with Gasteiger partial charge in [-0.3, -0.25) is 9.13 Å². The molecule has 224 valence electrons. The van der Waals surface area contributed by atoms with Crippen LogP contribution < -0.4 is 33.2 Å². The topological polar surface area (TPSA) is 138 Å². The highest BCUT2D eigenvalue weighted by Gasteiger charge is 2.17. The Bertz CT molecular complexity index is 1490. The molecule has 0 aliphatic heterocycles. The molecule has 3 rings (SSSR count). The van der Waals surface area contributed by atoms with Gasteiger partial charge in [-0.15, -0.1) is 0 Å². The van der Waals surface area contributed by atoms with Gasteiger partial charge in [-0.05, 0) is 70.0 Å². The Morgan fingerprint density at radius 2 is 1.68 bits per heavy atom. The van der Waals surface area contributed by atoms with E-state index in [9.17, 15) is 13.6 Å². The average Bonchev–Trinajstić information content (AvgIpc) is 3.26. The number of halogens is 2. The number of hydrogen-bond acceptors (Lipinski definition) is 6. The van der Waals surface area contributed by atoms with Crippen molar-refractivity contribution in [2.45, 2.75) is 67.3 Å². The van der Waals surface area contributed by atoms with E-state index in [1.807, 2.05) is 54.3 Å². The minimum absolute atomic E-state index is 0.0456. The monoisotopic (exact) mass is 572 g/mol. The van der Waals surface area contributed by atoms with Crippen LogP contribution in [0.15, 0.2) is 46.2 Å². The Hall–Kier alpha value is -4.54. The largest absolute Gasteiger partial charge is 0.396 e. The van der Waals surface area contributed by atoms with Gasteiger partial charge in [0.1, 0.15) is 36.4 Å². The number of aliphatic imine (C=N–C) groups is 1. The summed E-state index contributed by atoms with van der Waals surface area (Å²) in [5.41, 5.74) is 13.2. The zero-order valence-electron chi connectivity index (χ0n) is 24.9. The van der Waals surface area contributed by atoms with Crippen molar-refractivity contribution >= 4 is 42.7 Å². The first-order valence-corrected chi connectivity index (χ1v) is 13.1. The molecule has 9 nitrogen and oxygen atoms in total. The van der Waals surface area contributed by atoms with Gasteiger partial charge in [0.2, 0.25) is 0 Å². The number of nitrogens with two attached hydrogens (primary N) is 2. The van der Waals surface area contributed by atoms with Crippen molar-refractivity contribution < 1.29 is 18.4 Å². The molecule has 0 aliphatic rings. The Balaban J connectivity index is 0.00000250. The molecule has 11 heteroatoms. The number of aromatic nitrogens is 2. The molecule has 0 fully saturated rings. The predicted molar refractivity (Wildman–Crippen MR) is 164 cm³/mol. The van der Waals surface area contributed by atoms with E-state index in [1.165, 1.54) is 28.8 Å². The number of benzene rings is 2. The van der Waals surface area contributed by atoms with E-state index in [-0.39, 0.29) is 28.9 Å². The number of hydrogen-bond donors (Lipinski definition) is 3. The fourth-order valence-corrected chi connectivity index (χ4v) is 3.84. The van der Waals surface area contributed by atoms with Crippen LogP contribution in [0.3, 0.4) is 0 Å². The van der Waals surface area contributed by atoms with E-state index in [0.717, 1.165) is 12.0 Å². The third-order valence-corrected chi connectivity index (χ3v) is 5.47. The first-order valence-electron chi connectivity index (χ1n) is 13.1. The molecule has 3 aromatic rings. The molecular formula is C30H42F2N6O3. The second-order valence-corrected chi connectivity index (χ2v) is 8.70. The first-order chi connectivity index (χ1) is 19.5. The van der Waals surface area contributed by atoms with Crippen LogP contribution in [0.1, 0.15) is 66.0 Å². The average molecular weight is 573 g/mol. The van der Waals surface area contributed by atoms with Crippen LogP contribution >= 0.6 is 0 Å². The minimum Gasteiger partial charge on any atom is -0.396 e. The molecule has 5 N–H and O–H groups in total. The second-order valence-electron chi connectivity index (χ2n) is 8.70. The lowest BCUT2D eigenvalue weighted by Gasteiger charge is -2.08. The maximum Gasteiger partial charge on any atom is 0.334 e. The summed E-state index contributed by atoms with van der Waals surface area (Å²) in [6, 6.07) is 8.69. The number of imidazole rings is 1. The van der Waals surface area contributed by atoms with Crippen molar-refractivity contribution in [2.24, 2.45) is 10.7 Å². The molecule has 0 saturated carbocycles.